The molecule has 1 aliphatic heterocycles. The summed E-state index contributed by atoms with van der Waals surface area (Å²) in [4.78, 5) is 17.4. The minimum Gasteiger partial charge on any atom is -0.359 e. The van der Waals surface area contributed by atoms with Gasteiger partial charge in [-0.1, -0.05) is 0 Å². The van der Waals surface area contributed by atoms with Crippen LogP contribution in [0.3, 0.4) is 0 Å². The molecule has 0 aromatic carbocycles. The summed E-state index contributed by atoms with van der Waals surface area (Å²) in [6.45, 7) is 2.09. The minimum absolute atomic E-state index is 0.0200. The molecule has 0 unspecified atom stereocenters. The molecule has 1 aromatic heterocycles. The van der Waals surface area contributed by atoms with Crippen LogP contribution in [-0.2, 0) is 4.79 Å². The third-order valence-electron chi connectivity index (χ3n) is 2.38. The van der Waals surface area contributed by atoms with Crippen LogP contribution >= 0.6 is 0 Å². The van der Waals surface area contributed by atoms with E-state index in [0.29, 0.717) is 6.54 Å². The van der Waals surface area contributed by atoms with Crippen LogP contribution in [0.5, 0.6) is 0 Å². The molecule has 2 rings (SSSR count). The molecule has 1 aromatic rings. The van der Waals surface area contributed by atoms with Gasteiger partial charge in [-0.2, -0.15) is 0 Å². The predicted molar refractivity (Wildman–Crippen MR) is 59.0 cm³/mol. The van der Waals surface area contributed by atoms with Crippen LogP contribution in [0.4, 0.5) is 11.4 Å². The monoisotopic (exact) mass is 206 g/mol. The fourth-order valence-electron chi connectivity index (χ4n) is 1.65. The zero-order valence-corrected chi connectivity index (χ0v) is 8.66. The van der Waals surface area contributed by atoms with Crippen molar-refractivity contribution in [3.63, 3.8) is 0 Å². The number of carbonyl (C=O) groups excluding carboxylic acids is 1. The van der Waals surface area contributed by atoms with Crippen molar-refractivity contribution < 1.29 is 4.79 Å². The minimum atomic E-state index is 0.0200. The lowest BCUT2D eigenvalue weighted by atomic mass is 10.2. The zero-order valence-electron chi connectivity index (χ0n) is 8.66. The number of likely N-dealkylation sites (N-methyl/N-ethyl adjacent to an activating group) is 1. The van der Waals surface area contributed by atoms with Gasteiger partial charge in [-0.25, -0.2) is 0 Å². The molecule has 1 aliphatic rings. The van der Waals surface area contributed by atoms with Gasteiger partial charge < -0.3 is 15.5 Å². The van der Waals surface area contributed by atoms with E-state index in [4.69, 9.17) is 0 Å². The number of nitrogens with one attached hydrogen (secondary N) is 2. The second kappa shape index (κ2) is 4.27. The Morgan fingerprint density at radius 3 is 3.33 bits per heavy atom. The number of pyridine rings is 1. The van der Waals surface area contributed by atoms with Crippen LogP contribution in [-0.4, -0.2) is 37.6 Å². The van der Waals surface area contributed by atoms with Crippen LogP contribution in [0, 0.1) is 0 Å². The molecule has 1 amide bonds. The maximum Gasteiger partial charge on any atom is 0.243 e. The van der Waals surface area contributed by atoms with E-state index in [-0.39, 0.29) is 5.91 Å². The summed E-state index contributed by atoms with van der Waals surface area (Å²) in [6, 6.07) is 1.92. The second-order valence-corrected chi connectivity index (χ2v) is 3.47. The van der Waals surface area contributed by atoms with Gasteiger partial charge in [0.05, 0.1) is 24.1 Å². The van der Waals surface area contributed by atoms with E-state index < -0.39 is 0 Å². The maximum absolute atomic E-state index is 11.4. The van der Waals surface area contributed by atoms with Gasteiger partial charge in [0, 0.05) is 19.3 Å². The van der Waals surface area contributed by atoms with Gasteiger partial charge in [-0.3, -0.25) is 9.78 Å². The highest BCUT2D eigenvalue weighted by atomic mass is 16.2. The van der Waals surface area contributed by atoms with Gasteiger partial charge in [-0.05, 0) is 13.1 Å². The molecule has 2 heterocycles. The highest BCUT2D eigenvalue weighted by molar-refractivity contribution is 6.00. The fourth-order valence-corrected chi connectivity index (χ4v) is 1.65. The van der Waals surface area contributed by atoms with E-state index in [9.17, 15) is 4.79 Å². The summed E-state index contributed by atoms with van der Waals surface area (Å²) >= 11 is 0. The molecule has 0 saturated carbocycles. The van der Waals surface area contributed by atoms with Gasteiger partial charge in [-0.15, -0.1) is 0 Å². The van der Waals surface area contributed by atoms with Gasteiger partial charge in [0.25, 0.3) is 0 Å². The number of nitrogens with zero attached hydrogens (tertiary/aromatic N) is 2. The van der Waals surface area contributed by atoms with Crippen molar-refractivity contribution in [2.45, 2.75) is 0 Å². The Morgan fingerprint density at radius 2 is 2.53 bits per heavy atom. The van der Waals surface area contributed by atoms with E-state index in [1.807, 2.05) is 18.0 Å². The number of fused-ring (bicyclic) bond motifs is 1. The Balaban J connectivity index is 2.22. The summed E-state index contributed by atoms with van der Waals surface area (Å²) in [5.74, 6) is 0.0200. The molecule has 80 valence electrons. The second-order valence-electron chi connectivity index (χ2n) is 3.47. The highest BCUT2D eigenvalue weighted by Gasteiger charge is 2.20. The Bertz CT molecular complexity index is 366. The van der Waals surface area contributed by atoms with Crippen molar-refractivity contribution in [1.29, 1.82) is 0 Å². The van der Waals surface area contributed by atoms with E-state index in [1.54, 1.807) is 12.4 Å². The van der Waals surface area contributed by atoms with Crippen LogP contribution in [0.2, 0.25) is 0 Å². The average Bonchev–Trinajstić information content (AvgIpc) is 2.25. The Labute approximate surface area is 88.5 Å². The summed E-state index contributed by atoms with van der Waals surface area (Å²) < 4.78 is 0. The quantitative estimate of drug-likeness (QED) is 0.734. The van der Waals surface area contributed by atoms with E-state index in [1.165, 1.54) is 0 Å². The number of amides is 1. The van der Waals surface area contributed by atoms with E-state index in [2.05, 4.69) is 15.6 Å². The Kier molecular flexibility index (Phi) is 2.82. The largest absolute Gasteiger partial charge is 0.359 e. The number of rotatable bonds is 3. The Morgan fingerprint density at radius 1 is 1.67 bits per heavy atom. The molecule has 0 spiro atoms. The summed E-state index contributed by atoms with van der Waals surface area (Å²) in [5, 5.41) is 5.87. The first kappa shape index (κ1) is 9.92. The molecule has 0 aliphatic carbocycles. The molecule has 0 radical (unpaired) electrons. The number of hydrogen-bond donors (Lipinski definition) is 2. The van der Waals surface area contributed by atoms with Crippen molar-refractivity contribution in [1.82, 2.24) is 10.3 Å². The smallest absolute Gasteiger partial charge is 0.243 e. The standard InChI is InChI=1S/C10H14N4O/c1-11-4-5-14-7-10(15)13-8-6-12-3-2-9(8)14/h2-3,6,11H,4-5,7H2,1H3,(H,13,15). The lowest BCUT2D eigenvalue weighted by Gasteiger charge is -2.30. The Hall–Kier alpha value is -1.62. The summed E-state index contributed by atoms with van der Waals surface area (Å²) in [5.41, 5.74) is 1.84. The van der Waals surface area contributed by atoms with Gasteiger partial charge in [0.1, 0.15) is 0 Å². The van der Waals surface area contributed by atoms with Crippen molar-refractivity contribution >= 4 is 17.3 Å². The first-order valence-corrected chi connectivity index (χ1v) is 4.94. The number of carbonyl (C=O) groups is 1. The SMILES string of the molecule is CNCCN1CC(=O)Nc2cnccc21. The lowest BCUT2D eigenvalue weighted by Crippen LogP contribution is -2.41. The molecule has 5 nitrogen and oxygen atoms in total. The number of aromatic nitrogens is 1. The van der Waals surface area contributed by atoms with E-state index >= 15 is 0 Å². The van der Waals surface area contributed by atoms with Crippen LogP contribution in [0.1, 0.15) is 0 Å². The first-order chi connectivity index (χ1) is 7.31. The molecule has 0 bridgehead atoms. The molecule has 15 heavy (non-hydrogen) atoms. The summed E-state index contributed by atoms with van der Waals surface area (Å²) in [7, 11) is 1.90. The van der Waals surface area contributed by atoms with Crippen molar-refractivity contribution in [2.24, 2.45) is 0 Å². The third kappa shape index (κ3) is 2.07. The van der Waals surface area contributed by atoms with Crippen LogP contribution in [0.25, 0.3) is 0 Å². The molecular weight excluding hydrogens is 192 g/mol. The van der Waals surface area contributed by atoms with Gasteiger partial charge in [0.15, 0.2) is 0 Å². The van der Waals surface area contributed by atoms with Crippen molar-refractivity contribution in [3.05, 3.63) is 18.5 Å². The molecule has 0 atom stereocenters. The molecule has 0 saturated heterocycles. The highest BCUT2D eigenvalue weighted by Crippen LogP contribution is 2.27. The fraction of sp³-hybridized carbons (Fsp3) is 0.400. The van der Waals surface area contributed by atoms with Gasteiger partial charge >= 0.3 is 0 Å². The molecular formula is C10H14N4O. The normalized spacial score (nSPS) is 14.7. The number of anilines is 2. The predicted octanol–water partition coefficient (Wildman–Crippen LogP) is 0.0595. The first-order valence-electron chi connectivity index (χ1n) is 4.94. The van der Waals surface area contributed by atoms with Crippen molar-refractivity contribution in [2.75, 3.05) is 36.9 Å². The zero-order chi connectivity index (χ0) is 10.7. The molecule has 5 heteroatoms. The van der Waals surface area contributed by atoms with Crippen LogP contribution < -0.4 is 15.5 Å². The molecule has 0 fully saturated rings. The maximum atomic E-state index is 11.4. The van der Waals surface area contributed by atoms with E-state index in [0.717, 1.165) is 24.5 Å². The topological polar surface area (TPSA) is 57.3 Å². The third-order valence-corrected chi connectivity index (χ3v) is 2.38. The van der Waals surface area contributed by atoms with Crippen LogP contribution in [0.15, 0.2) is 18.5 Å². The van der Waals surface area contributed by atoms with Crippen molar-refractivity contribution in [3.8, 4) is 0 Å². The number of hydrogen-bond acceptors (Lipinski definition) is 4. The molecule has 2 N–H and O–H groups in total. The average molecular weight is 206 g/mol. The summed E-state index contributed by atoms with van der Waals surface area (Å²) in [6.07, 6.45) is 3.42. The van der Waals surface area contributed by atoms with Gasteiger partial charge in [0.2, 0.25) is 5.91 Å². The lowest BCUT2D eigenvalue weighted by molar-refractivity contribution is -0.115.